The molecule has 1 saturated heterocycles. The van der Waals surface area contributed by atoms with Crippen LogP contribution in [-0.2, 0) is 0 Å². The number of rotatable bonds is 2. The minimum absolute atomic E-state index is 0.0476. The highest BCUT2D eigenvalue weighted by Gasteiger charge is 2.17. The molecule has 0 spiro atoms. The summed E-state index contributed by atoms with van der Waals surface area (Å²) in [5.41, 5.74) is 5.30. The third-order valence-electron chi connectivity index (χ3n) is 2.46. The molecule has 3 nitrogen and oxygen atoms in total. The van der Waals surface area contributed by atoms with Gasteiger partial charge in [0.05, 0.1) is 0 Å². The highest BCUT2D eigenvalue weighted by atomic mass is 32.2. The number of nitrogens with zero attached hydrogens (tertiary/aromatic N) is 1. The number of aromatic nitrogens is 1. The van der Waals surface area contributed by atoms with Crippen molar-refractivity contribution in [3.8, 4) is 0 Å². The van der Waals surface area contributed by atoms with Gasteiger partial charge in [0, 0.05) is 17.9 Å². The molecule has 0 radical (unpaired) electrons. The minimum atomic E-state index is -0.818. The second-order valence-corrected chi connectivity index (χ2v) is 4.89. The molecule has 6 heteroatoms. The summed E-state index contributed by atoms with van der Waals surface area (Å²) in [6.45, 7) is 0. The maximum absolute atomic E-state index is 13.4. The molecule has 0 amide bonds. The average Bonchev–Trinajstić information content (AvgIpc) is 2.27. The second-order valence-electron chi connectivity index (χ2n) is 3.74. The molecule has 0 bridgehead atoms. The van der Waals surface area contributed by atoms with E-state index in [9.17, 15) is 8.78 Å². The van der Waals surface area contributed by atoms with Crippen LogP contribution in [-0.4, -0.2) is 22.5 Å². The number of hydrogen-bond acceptors (Lipinski definition) is 4. The van der Waals surface area contributed by atoms with Crippen molar-refractivity contribution in [3.05, 3.63) is 17.7 Å². The lowest BCUT2D eigenvalue weighted by molar-refractivity contribution is 0.575. The Morgan fingerprint density at radius 1 is 1.44 bits per heavy atom. The molecule has 3 N–H and O–H groups in total. The first-order valence-corrected chi connectivity index (χ1v) is 6.28. The van der Waals surface area contributed by atoms with E-state index in [0.29, 0.717) is 0 Å². The van der Waals surface area contributed by atoms with E-state index < -0.39 is 11.6 Å². The van der Waals surface area contributed by atoms with E-state index in [1.807, 2.05) is 11.8 Å². The van der Waals surface area contributed by atoms with Crippen LogP contribution >= 0.6 is 11.8 Å². The van der Waals surface area contributed by atoms with Crippen LogP contribution in [0.2, 0.25) is 0 Å². The van der Waals surface area contributed by atoms with Crippen molar-refractivity contribution in [2.24, 2.45) is 0 Å². The fraction of sp³-hybridized carbons (Fsp3) is 0.500. The van der Waals surface area contributed by atoms with E-state index in [1.165, 1.54) is 0 Å². The Balaban J connectivity index is 2.11. The van der Waals surface area contributed by atoms with Gasteiger partial charge in [0.15, 0.2) is 23.3 Å². The number of nitrogens with one attached hydrogen (secondary N) is 1. The predicted molar refractivity (Wildman–Crippen MR) is 62.5 cm³/mol. The lowest BCUT2D eigenvalue weighted by Crippen LogP contribution is -2.27. The summed E-state index contributed by atoms with van der Waals surface area (Å²) >= 11 is 1.82. The molecule has 1 aromatic rings. The van der Waals surface area contributed by atoms with Crippen molar-refractivity contribution in [1.82, 2.24) is 4.98 Å². The quantitative estimate of drug-likeness (QED) is 0.839. The SMILES string of the molecule is Nc1nc(NC2CCCSC2)c(F)cc1F. The molecule has 1 aliphatic heterocycles. The number of halogens is 2. The molecule has 0 saturated carbocycles. The largest absolute Gasteiger partial charge is 0.381 e. The van der Waals surface area contributed by atoms with Gasteiger partial charge in [-0.05, 0) is 18.6 Å². The Morgan fingerprint density at radius 3 is 2.94 bits per heavy atom. The molecule has 88 valence electrons. The van der Waals surface area contributed by atoms with Crippen LogP contribution < -0.4 is 11.1 Å². The van der Waals surface area contributed by atoms with Gasteiger partial charge in [-0.15, -0.1) is 0 Å². The monoisotopic (exact) mass is 245 g/mol. The summed E-state index contributed by atoms with van der Waals surface area (Å²) < 4.78 is 26.2. The number of nitrogen functional groups attached to an aromatic ring is 1. The molecular formula is C10H13F2N3S. The maximum Gasteiger partial charge on any atom is 0.168 e. The Morgan fingerprint density at radius 2 is 2.25 bits per heavy atom. The minimum Gasteiger partial charge on any atom is -0.381 e. The van der Waals surface area contributed by atoms with Crippen LogP contribution in [0.15, 0.2) is 6.07 Å². The second kappa shape index (κ2) is 4.86. The summed E-state index contributed by atoms with van der Waals surface area (Å²) in [5, 5.41) is 2.96. The molecular weight excluding hydrogens is 232 g/mol. The van der Waals surface area contributed by atoms with E-state index in [4.69, 9.17) is 5.73 Å². The van der Waals surface area contributed by atoms with Gasteiger partial charge in [0.25, 0.3) is 0 Å². The first-order valence-electron chi connectivity index (χ1n) is 5.12. The van der Waals surface area contributed by atoms with Gasteiger partial charge in [-0.3, -0.25) is 0 Å². The van der Waals surface area contributed by atoms with Crippen LogP contribution in [0.4, 0.5) is 20.4 Å². The average molecular weight is 245 g/mol. The van der Waals surface area contributed by atoms with Crippen molar-refractivity contribution >= 4 is 23.4 Å². The van der Waals surface area contributed by atoms with Crippen LogP contribution in [0.5, 0.6) is 0 Å². The maximum atomic E-state index is 13.4. The van der Waals surface area contributed by atoms with Crippen LogP contribution in [0.25, 0.3) is 0 Å². The Bertz CT molecular complexity index is 381. The molecule has 2 heterocycles. The zero-order valence-electron chi connectivity index (χ0n) is 8.67. The number of anilines is 2. The molecule has 1 unspecified atom stereocenters. The highest BCUT2D eigenvalue weighted by Crippen LogP contribution is 2.22. The Kier molecular flexibility index (Phi) is 3.48. The summed E-state index contributed by atoms with van der Waals surface area (Å²) in [5.74, 6) is 0.319. The van der Waals surface area contributed by atoms with Crippen molar-refractivity contribution in [2.75, 3.05) is 22.6 Å². The Labute approximate surface area is 96.8 Å². The molecule has 1 atom stereocenters. The summed E-state index contributed by atoms with van der Waals surface area (Å²) in [6.07, 6.45) is 2.08. The normalized spacial score (nSPS) is 20.8. The van der Waals surface area contributed by atoms with Gasteiger partial charge in [0.1, 0.15) is 0 Å². The number of hydrogen-bond donors (Lipinski definition) is 2. The van der Waals surface area contributed by atoms with Crippen LogP contribution in [0.1, 0.15) is 12.8 Å². The number of pyridine rings is 1. The number of nitrogens with two attached hydrogens (primary N) is 1. The van der Waals surface area contributed by atoms with Gasteiger partial charge >= 0.3 is 0 Å². The van der Waals surface area contributed by atoms with Crippen molar-refractivity contribution in [3.63, 3.8) is 0 Å². The van der Waals surface area contributed by atoms with Crippen molar-refractivity contribution in [2.45, 2.75) is 18.9 Å². The zero-order valence-corrected chi connectivity index (χ0v) is 9.49. The molecule has 16 heavy (non-hydrogen) atoms. The van der Waals surface area contributed by atoms with E-state index in [0.717, 1.165) is 30.4 Å². The fourth-order valence-corrected chi connectivity index (χ4v) is 2.70. The molecule has 0 aliphatic carbocycles. The van der Waals surface area contributed by atoms with Gasteiger partial charge in [-0.1, -0.05) is 0 Å². The predicted octanol–water partition coefficient (Wildman–Crippen LogP) is 2.25. The summed E-state index contributed by atoms with van der Waals surface area (Å²) in [6, 6.07) is 0.950. The lowest BCUT2D eigenvalue weighted by atomic mass is 10.2. The van der Waals surface area contributed by atoms with Crippen LogP contribution in [0, 0.1) is 11.6 Å². The standard InChI is InChI=1S/C10H13F2N3S/c11-7-4-8(12)10(15-9(7)13)14-6-2-1-3-16-5-6/h4,6H,1-3,5H2,(H3,13,14,15). The van der Waals surface area contributed by atoms with Crippen LogP contribution in [0.3, 0.4) is 0 Å². The summed E-state index contributed by atoms with van der Waals surface area (Å²) in [7, 11) is 0. The Hall–Kier alpha value is -1.04. The third-order valence-corrected chi connectivity index (χ3v) is 3.67. The molecule has 0 aromatic carbocycles. The van der Waals surface area contributed by atoms with Crippen molar-refractivity contribution in [1.29, 1.82) is 0 Å². The number of thioether (sulfide) groups is 1. The van der Waals surface area contributed by atoms with Gasteiger partial charge in [-0.25, -0.2) is 13.8 Å². The van der Waals surface area contributed by atoms with E-state index in [1.54, 1.807) is 0 Å². The zero-order chi connectivity index (χ0) is 11.5. The third kappa shape index (κ3) is 2.55. The van der Waals surface area contributed by atoms with Crippen molar-refractivity contribution < 1.29 is 8.78 Å². The first-order chi connectivity index (χ1) is 7.66. The van der Waals surface area contributed by atoms with E-state index >= 15 is 0 Å². The first kappa shape index (κ1) is 11.4. The topological polar surface area (TPSA) is 50.9 Å². The molecule has 1 aromatic heterocycles. The molecule has 1 fully saturated rings. The lowest BCUT2D eigenvalue weighted by Gasteiger charge is -2.23. The van der Waals surface area contributed by atoms with E-state index in [-0.39, 0.29) is 17.7 Å². The molecule has 2 rings (SSSR count). The summed E-state index contributed by atoms with van der Waals surface area (Å²) in [4.78, 5) is 3.67. The van der Waals surface area contributed by atoms with Gasteiger partial charge < -0.3 is 11.1 Å². The van der Waals surface area contributed by atoms with Gasteiger partial charge in [-0.2, -0.15) is 11.8 Å². The smallest absolute Gasteiger partial charge is 0.168 e. The molecule has 1 aliphatic rings. The van der Waals surface area contributed by atoms with Gasteiger partial charge in [0.2, 0.25) is 0 Å². The highest BCUT2D eigenvalue weighted by molar-refractivity contribution is 7.99. The van der Waals surface area contributed by atoms with E-state index in [2.05, 4.69) is 10.3 Å². The fourth-order valence-electron chi connectivity index (χ4n) is 1.63.